The third kappa shape index (κ3) is 41.8. The zero-order chi connectivity index (χ0) is 43.5. The molecular formula is C47H92NO10P. The van der Waals surface area contributed by atoms with Crippen LogP contribution in [0.3, 0.4) is 0 Å². The van der Waals surface area contributed by atoms with Gasteiger partial charge in [-0.05, 0) is 38.5 Å². The van der Waals surface area contributed by atoms with Crippen molar-refractivity contribution in [1.29, 1.82) is 0 Å². The van der Waals surface area contributed by atoms with Crippen LogP contribution in [-0.4, -0.2) is 71.7 Å². The smallest absolute Gasteiger partial charge is 0.462 e. The number of esters is 2. The van der Waals surface area contributed by atoms with E-state index in [2.05, 4.69) is 19.9 Å². The lowest BCUT2D eigenvalue weighted by Crippen LogP contribution is -2.29. The number of rotatable bonds is 46. The molecule has 59 heavy (non-hydrogen) atoms. The first-order valence-corrected chi connectivity index (χ1v) is 25.8. The lowest BCUT2D eigenvalue weighted by Gasteiger charge is -2.20. The standard InChI is InChI=1S/C47H92NO10P/c1-3-5-7-9-11-12-13-14-15-16-17-18-19-20-21-22-23-24-25-29-34-38-47(52)58-43(42-57-59(53,54)56-40-39-48)41-55-46(51)37-33-30-26-28-32-36-45(50)44(49)35-31-27-10-8-6-4-2/h27,31,43-45,49-50H,3-26,28-30,32-42,48H2,1-2H3,(H,53,54)/b31-27-/t43-,44-,45-/m1/s1. The molecule has 4 atom stereocenters. The highest BCUT2D eigenvalue weighted by atomic mass is 31.2. The third-order valence-corrected chi connectivity index (χ3v) is 11.8. The Morgan fingerprint density at radius 1 is 0.559 bits per heavy atom. The average Bonchev–Trinajstić information content (AvgIpc) is 3.22. The summed E-state index contributed by atoms with van der Waals surface area (Å²) >= 11 is 0. The predicted octanol–water partition coefficient (Wildman–Crippen LogP) is 12.1. The fourth-order valence-electron chi connectivity index (χ4n) is 7.07. The summed E-state index contributed by atoms with van der Waals surface area (Å²) in [5.41, 5.74) is 5.35. The number of aliphatic hydroxyl groups excluding tert-OH is 2. The summed E-state index contributed by atoms with van der Waals surface area (Å²) in [5, 5.41) is 20.4. The maximum absolute atomic E-state index is 12.6. The Hall–Kier alpha value is -1.33. The number of hydrogen-bond acceptors (Lipinski definition) is 10. The minimum Gasteiger partial charge on any atom is -0.462 e. The number of carbonyl (C=O) groups is 2. The monoisotopic (exact) mass is 862 g/mol. The van der Waals surface area contributed by atoms with Crippen LogP contribution in [0.25, 0.3) is 0 Å². The summed E-state index contributed by atoms with van der Waals surface area (Å²) in [5.74, 6) is -0.928. The molecule has 0 aromatic heterocycles. The fourth-order valence-corrected chi connectivity index (χ4v) is 7.84. The molecule has 0 bridgehead atoms. The first-order chi connectivity index (χ1) is 28.6. The Kier molecular flexibility index (Phi) is 42.3. The quantitative estimate of drug-likeness (QED) is 0.0198. The second-order valence-corrected chi connectivity index (χ2v) is 18.1. The molecule has 0 amide bonds. The van der Waals surface area contributed by atoms with Gasteiger partial charge < -0.3 is 30.3 Å². The number of nitrogens with two attached hydrogens (primary N) is 1. The number of phosphoric acid groups is 1. The van der Waals surface area contributed by atoms with Gasteiger partial charge in [0.05, 0.1) is 25.4 Å². The van der Waals surface area contributed by atoms with Gasteiger partial charge in [-0.25, -0.2) is 4.57 Å². The summed E-state index contributed by atoms with van der Waals surface area (Å²) in [4.78, 5) is 35.0. The van der Waals surface area contributed by atoms with Crippen LogP contribution >= 0.6 is 7.82 Å². The van der Waals surface area contributed by atoms with Gasteiger partial charge in [0.2, 0.25) is 0 Å². The molecule has 0 aliphatic rings. The van der Waals surface area contributed by atoms with Gasteiger partial charge in [0.1, 0.15) is 6.61 Å². The average molecular weight is 862 g/mol. The zero-order valence-corrected chi connectivity index (χ0v) is 38.9. The van der Waals surface area contributed by atoms with Crippen LogP contribution in [0, 0.1) is 0 Å². The van der Waals surface area contributed by atoms with E-state index in [0.29, 0.717) is 25.7 Å². The van der Waals surface area contributed by atoms with Crippen LogP contribution in [0.5, 0.6) is 0 Å². The molecule has 11 nitrogen and oxygen atoms in total. The van der Waals surface area contributed by atoms with Crippen molar-refractivity contribution in [2.45, 2.75) is 250 Å². The van der Waals surface area contributed by atoms with E-state index in [4.69, 9.17) is 24.3 Å². The van der Waals surface area contributed by atoms with E-state index in [1.807, 2.05) is 6.08 Å². The summed E-state index contributed by atoms with van der Waals surface area (Å²) in [6.07, 6.45) is 38.4. The van der Waals surface area contributed by atoms with Gasteiger partial charge >= 0.3 is 19.8 Å². The van der Waals surface area contributed by atoms with Crippen molar-refractivity contribution in [3.8, 4) is 0 Å². The van der Waals surface area contributed by atoms with Crippen molar-refractivity contribution in [1.82, 2.24) is 0 Å². The summed E-state index contributed by atoms with van der Waals surface area (Å²) in [7, 11) is -4.41. The number of allylic oxidation sites excluding steroid dienone is 1. The van der Waals surface area contributed by atoms with Crippen LogP contribution in [0.15, 0.2) is 12.2 Å². The number of unbranched alkanes of at least 4 members (excludes halogenated alkanes) is 27. The second kappa shape index (κ2) is 43.3. The van der Waals surface area contributed by atoms with Crippen LogP contribution in [-0.2, 0) is 32.7 Å². The first-order valence-electron chi connectivity index (χ1n) is 24.3. The van der Waals surface area contributed by atoms with E-state index >= 15 is 0 Å². The van der Waals surface area contributed by atoms with Gasteiger partial charge in [-0.2, -0.15) is 0 Å². The topological polar surface area (TPSA) is 175 Å². The van der Waals surface area contributed by atoms with E-state index in [0.717, 1.165) is 57.8 Å². The largest absolute Gasteiger partial charge is 0.472 e. The minimum atomic E-state index is -4.41. The minimum absolute atomic E-state index is 0.0334. The number of carbonyl (C=O) groups excluding carboxylic acids is 2. The van der Waals surface area contributed by atoms with Gasteiger partial charge in [0, 0.05) is 19.4 Å². The lowest BCUT2D eigenvalue weighted by molar-refractivity contribution is -0.161. The SMILES string of the molecule is CCCCC/C=C\C[C@@H](O)[C@H](O)CCCCCCCC(=O)OC[C@H](COP(=O)(O)OCCN)OC(=O)CCCCCCCCCCCCCCCCCCCCCCC. The number of hydrogen-bond donors (Lipinski definition) is 4. The van der Waals surface area contributed by atoms with Crippen molar-refractivity contribution in [3.63, 3.8) is 0 Å². The van der Waals surface area contributed by atoms with Crippen LogP contribution in [0.2, 0.25) is 0 Å². The summed E-state index contributed by atoms with van der Waals surface area (Å²) < 4.78 is 32.8. The third-order valence-electron chi connectivity index (χ3n) is 10.9. The number of phosphoric ester groups is 1. The lowest BCUT2D eigenvalue weighted by atomic mass is 10.0. The molecule has 0 saturated carbocycles. The van der Waals surface area contributed by atoms with Crippen molar-refractivity contribution in [3.05, 3.63) is 12.2 Å². The molecular weight excluding hydrogens is 769 g/mol. The molecule has 0 spiro atoms. The summed E-state index contributed by atoms with van der Waals surface area (Å²) in [6.45, 7) is 3.54. The van der Waals surface area contributed by atoms with Crippen LogP contribution < -0.4 is 5.73 Å². The normalized spacial score (nSPS) is 14.3. The molecule has 0 aliphatic heterocycles. The van der Waals surface area contributed by atoms with E-state index in [-0.39, 0.29) is 32.6 Å². The van der Waals surface area contributed by atoms with Gasteiger partial charge in [-0.1, -0.05) is 193 Å². The molecule has 0 saturated heterocycles. The highest BCUT2D eigenvalue weighted by molar-refractivity contribution is 7.47. The van der Waals surface area contributed by atoms with Crippen molar-refractivity contribution >= 4 is 19.8 Å². The van der Waals surface area contributed by atoms with Crippen molar-refractivity contribution in [2.24, 2.45) is 5.73 Å². The Morgan fingerprint density at radius 3 is 1.49 bits per heavy atom. The summed E-state index contributed by atoms with van der Waals surface area (Å²) in [6, 6.07) is 0. The predicted molar refractivity (Wildman–Crippen MR) is 241 cm³/mol. The van der Waals surface area contributed by atoms with Crippen molar-refractivity contribution in [2.75, 3.05) is 26.4 Å². The fraction of sp³-hybridized carbons (Fsp3) is 0.915. The van der Waals surface area contributed by atoms with Crippen LogP contribution in [0.1, 0.15) is 232 Å². The highest BCUT2D eigenvalue weighted by Crippen LogP contribution is 2.43. The molecule has 0 aromatic carbocycles. The molecule has 0 aliphatic carbocycles. The molecule has 5 N–H and O–H groups in total. The molecule has 0 rings (SSSR count). The Bertz CT molecular complexity index is 1020. The highest BCUT2D eigenvalue weighted by Gasteiger charge is 2.26. The molecule has 12 heteroatoms. The second-order valence-electron chi connectivity index (χ2n) is 16.6. The van der Waals surface area contributed by atoms with E-state index < -0.39 is 44.7 Å². The Labute approximate surface area is 361 Å². The maximum atomic E-state index is 12.6. The Balaban J connectivity index is 4.13. The van der Waals surface area contributed by atoms with Gasteiger partial charge in [0.15, 0.2) is 6.10 Å². The zero-order valence-electron chi connectivity index (χ0n) is 38.0. The molecule has 0 radical (unpaired) electrons. The number of aliphatic hydroxyl groups is 2. The van der Waals surface area contributed by atoms with Gasteiger partial charge in [-0.15, -0.1) is 0 Å². The van der Waals surface area contributed by atoms with Gasteiger partial charge in [-0.3, -0.25) is 18.6 Å². The first kappa shape index (κ1) is 57.7. The van der Waals surface area contributed by atoms with E-state index in [1.54, 1.807) is 0 Å². The van der Waals surface area contributed by atoms with Gasteiger partial charge in [0.25, 0.3) is 0 Å². The van der Waals surface area contributed by atoms with E-state index in [9.17, 15) is 29.3 Å². The van der Waals surface area contributed by atoms with E-state index in [1.165, 1.54) is 122 Å². The Morgan fingerprint density at radius 2 is 1.00 bits per heavy atom. The molecule has 0 heterocycles. The maximum Gasteiger partial charge on any atom is 0.472 e. The van der Waals surface area contributed by atoms with Crippen molar-refractivity contribution < 1.29 is 47.8 Å². The molecule has 0 aromatic rings. The molecule has 1 unspecified atom stereocenters. The molecule has 0 fully saturated rings. The number of ether oxygens (including phenoxy) is 2. The van der Waals surface area contributed by atoms with Crippen LogP contribution in [0.4, 0.5) is 0 Å². The molecule has 350 valence electrons.